The molecule has 4 nitrogen and oxygen atoms in total. The van der Waals surface area contributed by atoms with Crippen LogP contribution in [-0.4, -0.2) is 10.7 Å². The topological polar surface area (TPSA) is 60.2 Å². The molecule has 0 aliphatic carbocycles. The monoisotopic (exact) mass is 321 g/mol. The summed E-state index contributed by atoms with van der Waals surface area (Å²) in [6, 6.07) is 10.9. The summed E-state index contributed by atoms with van der Waals surface area (Å²) in [7, 11) is 0. The van der Waals surface area contributed by atoms with E-state index in [1.165, 1.54) is 18.2 Å². The van der Waals surface area contributed by atoms with Gasteiger partial charge in [-0.1, -0.05) is 41.4 Å². The van der Waals surface area contributed by atoms with Crippen LogP contribution in [-0.2, 0) is 0 Å². The number of halogens is 2. The molecule has 0 heterocycles. The van der Waals surface area contributed by atoms with Crippen molar-refractivity contribution in [1.29, 1.82) is 0 Å². The van der Waals surface area contributed by atoms with Gasteiger partial charge in [-0.3, -0.25) is 14.9 Å². The molecule has 0 saturated carbocycles. The van der Waals surface area contributed by atoms with Crippen molar-refractivity contribution < 1.29 is 9.72 Å². The van der Waals surface area contributed by atoms with E-state index in [4.69, 9.17) is 23.2 Å². The van der Waals surface area contributed by atoms with Crippen molar-refractivity contribution in [3.05, 3.63) is 79.8 Å². The second-order valence-electron chi connectivity index (χ2n) is 4.18. The lowest BCUT2D eigenvalue weighted by molar-refractivity contribution is -0.384. The number of nitrogens with zero attached hydrogens (tertiary/aromatic N) is 1. The van der Waals surface area contributed by atoms with E-state index >= 15 is 0 Å². The van der Waals surface area contributed by atoms with Crippen LogP contribution in [0.15, 0.2) is 48.5 Å². The zero-order valence-electron chi connectivity index (χ0n) is 10.6. The standard InChI is InChI=1S/C15H9Cl2NO3/c16-12-3-1-2-10(8-12)4-7-15(19)11-5-6-13(17)14(9-11)18(20)21/h1-9H/b7-4+. The Morgan fingerprint density at radius 3 is 2.57 bits per heavy atom. The van der Waals surface area contributed by atoms with Gasteiger partial charge in [-0.05, 0) is 35.9 Å². The minimum Gasteiger partial charge on any atom is -0.289 e. The maximum absolute atomic E-state index is 12.0. The number of nitro benzene ring substituents is 1. The lowest BCUT2D eigenvalue weighted by Gasteiger charge is -1.99. The summed E-state index contributed by atoms with van der Waals surface area (Å²) in [5.74, 6) is -0.352. The first kappa shape index (κ1) is 15.2. The minimum absolute atomic E-state index is 0.00429. The maximum Gasteiger partial charge on any atom is 0.288 e. The molecule has 0 spiro atoms. The summed E-state index contributed by atoms with van der Waals surface area (Å²) in [5, 5.41) is 11.3. The van der Waals surface area contributed by atoms with Crippen LogP contribution in [0, 0.1) is 10.1 Å². The van der Waals surface area contributed by atoms with Crippen LogP contribution < -0.4 is 0 Å². The number of hydrogen-bond acceptors (Lipinski definition) is 3. The number of carbonyl (C=O) groups is 1. The van der Waals surface area contributed by atoms with E-state index in [-0.39, 0.29) is 22.1 Å². The number of allylic oxidation sites excluding steroid dienone is 1. The molecule has 0 N–H and O–H groups in total. The van der Waals surface area contributed by atoms with Gasteiger partial charge in [0.25, 0.3) is 5.69 Å². The number of nitro groups is 1. The van der Waals surface area contributed by atoms with E-state index in [9.17, 15) is 14.9 Å². The molecule has 2 aromatic carbocycles. The van der Waals surface area contributed by atoms with Crippen molar-refractivity contribution in [1.82, 2.24) is 0 Å². The van der Waals surface area contributed by atoms with E-state index in [2.05, 4.69) is 0 Å². The van der Waals surface area contributed by atoms with Crippen molar-refractivity contribution >= 4 is 40.7 Å². The van der Waals surface area contributed by atoms with Gasteiger partial charge in [0.05, 0.1) is 4.92 Å². The molecule has 2 aromatic rings. The largest absolute Gasteiger partial charge is 0.289 e. The van der Waals surface area contributed by atoms with Gasteiger partial charge in [0.15, 0.2) is 5.78 Å². The number of carbonyl (C=O) groups excluding carboxylic acids is 1. The first-order valence-electron chi connectivity index (χ1n) is 5.89. The van der Waals surface area contributed by atoms with Gasteiger partial charge in [-0.25, -0.2) is 0 Å². The average Bonchev–Trinajstić information content (AvgIpc) is 2.45. The first-order valence-corrected chi connectivity index (χ1v) is 6.65. The van der Waals surface area contributed by atoms with E-state index in [0.29, 0.717) is 5.02 Å². The molecule has 0 unspecified atom stereocenters. The molecular weight excluding hydrogens is 313 g/mol. The predicted molar refractivity (Wildman–Crippen MR) is 82.9 cm³/mol. The molecule has 0 radical (unpaired) electrons. The van der Waals surface area contributed by atoms with Crippen LogP contribution in [0.1, 0.15) is 15.9 Å². The summed E-state index contributed by atoms with van der Waals surface area (Å²) in [6.07, 6.45) is 2.92. The van der Waals surface area contributed by atoms with Crippen LogP contribution in [0.3, 0.4) is 0 Å². The summed E-state index contributed by atoms with van der Waals surface area (Å²) < 4.78 is 0. The summed E-state index contributed by atoms with van der Waals surface area (Å²) in [4.78, 5) is 22.2. The van der Waals surface area contributed by atoms with Gasteiger partial charge < -0.3 is 0 Å². The molecule has 0 aromatic heterocycles. The fourth-order valence-corrected chi connectivity index (χ4v) is 2.07. The quantitative estimate of drug-likeness (QED) is 0.352. The third-order valence-electron chi connectivity index (χ3n) is 2.70. The lowest BCUT2D eigenvalue weighted by Crippen LogP contribution is -1.97. The highest BCUT2D eigenvalue weighted by Gasteiger charge is 2.14. The Hall–Kier alpha value is -2.17. The average molecular weight is 322 g/mol. The third-order valence-corrected chi connectivity index (χ3v) is 3.26. The van der Waals surface area contributed by atoms with Gasteiger partial charge in [-0.2, -0.15) is 0 Å². The SMILES string of the molecule is O=C(/C=C/c1cccc(Cl)c1)c1ccc(Cl)c([N+](=O)[O-])c1. The Bertz CT molecular complexity index is 741. The second-order valence-corrected chi connectivity index (χ2v) is 5.02. The molecule has 21 heavy (non-hydrogen) atoms. The van der Waals surface area contributed by atoms with Crippen molar-refractivity contribution in [2.24, 2.45) is 0 Å². The highest BCUT2D eigenvalue weighted by Crippen LogP contribution is 2.25. The molecule has 0 aliphatic rings. The van der Waals surface area contributed by atoms with Gasteiger partial charge in [0.1, 0.15) is 5.02 Å². The molecule has 106 valence electrons. The fraction of sp³-hybridized carbons (Fsp3) is 0. The number of benzene rings is 2. The highest BCUT2D eigenvalue weighted by molar-refractivity contribution is 6.32. The van der Waals surface area contributed by atoms with Crippen LogP contribution in [0.25, 0.3) is 6.08 Å². The number of ketones is 1. The molecule has 0 fully saturated rings. The Morgan fingerprint density at radius 1 is 1.14 bits per heavy atom. The zero-order chi connectivity index (χ0) is 15.4. The first-order chi connectivity index (χ1) is 9.97. The van der Waals surface area contributed by atoms with Crippen LogP contribution in [0.5, 0.6) is 0 Å². The summed E-state index contributed by atoms with van der Waals surface area (Å²) in [5.41, 5.74) is 0.669. The molecule has 2 rings (SSSR count). The van der Waals surface area contributed by atoms with Gasteiger partial charge in [-0.15, -0.1) is 0 Å². The van der Waals surface area contributed by atoms with Crippen LogP contribution >= 0.6 is 23.2 Å². The summed E-state index contributed by atoms with van der Waals surface area (Å²) in [6.45, 7) is 0. The molecule has 0 bridgehead atoms. The molecule has 0 atom stereocenters. The highest BCUT2D eigenvalue weighted by atomic mass is 35.5. The van der Waals surface area contributed by atoms with Crippen molar-refractivity contribution in [3.8, 4) is 0 Å². The van der Waals surface area contributed by atoms with Crippen molar-refractivity contribution in [3.63, 3.8) is 0 Å². The zero-order valence-corrected chi connectivity index (χ0v) is 12.1. The molecule has 0 aliphatic heterocycles. The smallest absolute Gasteiger partial charge is 0.288 e. The van der Waals surface area contributed by atoms with Crippen LogP contribution in [0.4, 0.5) is 5.69 Å². The van der Waals surface area contributed by atoms with E-state index in [1.54, 1.807) is 30.3 Å². The predicted octanol–water partition coefficient (Wildman–Crippen LogP) is 4.80. The number of hydrogen-bond donors (Lipinski definition) is 0. The minimum atomic E-state index is -0.625. The fourth-order valence-electron chi connectivity index (χ4n) is 1.68. The second kappa shape index (κ2) is 6.52. The Labute approximate surface area is 130 Å². The van der Waals surface area contributed by atoms with Gasteiger partial charge in [0, 0.05) is 16.7 Å². The molecular formula is C15H9Cl2NO3. The third kappa shape index (κ3) is 3.90. The molecule has 6 heteroatoms. The lowest BCUT2D eigenvalue weighted by atomic mass is 10.1. The Kier molecular flexibility index (Phi) is 4.73. The van der Waals surface area contributed by atoms with E-state index in [1.807, 2.05) is 0 Å². The van der Waals surface area contributed by atoms with Gasteiger partial charge in [0.2, 0.25) is 0 Å². The Balaban J connectivity index is 2.25. The maximum atomic E-state index is 12.0. The normalized spacial score (nSPS) is 10.8. The molecule has 0 saturated heterocycles. The Morgan fingerprint density at radius 2 is 1.90 bits per heavy atom. The van der Waals surface area contributed by atoms with E-state index < -0.39 is 4.92 Å². The van der Waals surface area contributed by atoms with Crippen molar-refractivity contribution in [2.75, 3.05) is 0 Å². The van der Waals surface area contributed by atoms with Gasteiger partial charge >= 0.3 is 0 Å². The van der Waals surface area contributed by atoms with Crippen molar-refractivity contribution in [2.45, 2.75) is 0 Å². The summed E-state index contributed by atoms with van der Waals surface area (Å²) >= 11 is 11.5. The number of rotatable bonds is 4. The van der Waals surface area contributed by atoms with E-state index in [0.717, 1.165) is 11.6 Å². The van der Waals surface area contributed by atoms with Crippen LogP contribution in [0.2, 0.25) is 10.0 Å². The molecule has 0 amide bonds.